The van der Waals surface area contributed by atoms with Gasteiger partial charge in [-0.3, -0.25) is 9.10 Å². The number of rotatable bonds is 8. The Morgan fingerprint density at radius 1 is 1.16 bits per heavy atom. The van der Waals surface area contributed by atoms with Crippen LogP contribution in [0.2, 0.25) is 5.02 Å². The molecular weight excluding hydrogens is 534 g/mol. The lowest BCUT2D eigenvalue weighted by Gasteiger charge is -2.21. The Morgan fingerprint density at radius 3 is 2.45 bits per heavy atom. The quantitative estimate of drug-likeness (QED) is 0.195. The molecule has 0 radical (unpaired) electrons. The zero-order chi connectivity index (χ0) is 27.1. The molecule has 1 heterocycles. The number of carbonyl (C=O) groups is 1. The van der Waals surface area contributed by atoms with E-state index in [0.717, 1.165) is 22.7 Å². The number of hydrogen-bond donors (Lipinski definition) is 4. The van der Waals surface area contributed by atoms with Crippen LogP contribution in [0, 0.1) is 5.82 Å². The molecule has 1 aromatic heterocycles. The second-order valence-electron chi connectivity index (χ2n) is 9.09. The Hall–Kier alpha value is -3.38. The molecule has 1 saturated carbocycles. The minimum Gasteiger partial charge on any atom is -0.455 e. The van der Waals surface area contributed by atoms with Gasteiger partial charge in [0.25, 0.3) is 5.91 Å². The van der Waals surface area contributed by atoms with Crippen molar-refractivity contribution in [3.05, 3.63) is 82.1 Å². The van der Waals surface area contributed by atoms with Gasteiger partial charge >= 0.3 is 7.12 Å². The Kier molecular flexibility index (Phi) is 7.19. The van der Waals surface area contributed by atoms with Crippen molar-refractivity contribution in [2.24, 2.45) is 0 Å². The number of amides is 1. The molecule has 0 unspecified atom stereocenters. The molecule has 0 aliphatic heterocycles. The fourth-order valence-corrected chi connectivity index (χ4v) is 5.41. The van der Waals surface area contributed by atoms with Crippen LogP contribution in [0.15, 0.2) is 59.0 Å². The van der Waals surface area contributed by atoms with Crippen LogP contribution in [-0.2, 0) is 17.4 Å². The third-order valence-corrected chi connectivity index (χ3v) is 7.70. The van der Waals surface area contributed by atoms with Gasteiger partial charge in [0.15, 0.2) is 0 Å². The summed E-state index contributed by atoms with van der Waals surface area (Å²) in [5.74, 6) is -0.284. The van der Waals surface area contributed by atoms with E-state index < -0.39 is 23.8 Å². The first-order chi connectivity index (χ1) is 18.2. The maximum Gasteiger partial charge on any atom is 0.489 e. The molecule has 0 bridgehead atoms. The zero-order valence-corrected chi connectivity index (χ0v) is 21.8. The normalized spacial score (nSPS) is 13.2. The second-order valence-corrected chi connectivity index (χ2v) is 10.5. The minimum atomic E-state index is -3.09. The standard InChI is InChI=1S/C26H23BClFN2O6S/c1-30-26(32)24-20-12-19(14-2-3-14)16(10-23(20)37-25(24)15-4-6-17(29)7-5-15)13-31(38(35)36)18-8-9-21(27(33)34)22(28)11-18/h4-12,14,33-34,38H,2-3,13H2,1H3,(H,30,32). The summed E-state index contributed by atoms with van der Waals surface area (Å²) in [5.41, 5.74) is 3.16. The van der Waals surface area contributed by atoms with E-state index in [1.54, 1.807) is 6.07 Å². The van der Waals surface area contributed by atoms with Crippen LogP contribution in [0.4, 0.5) is 10.1 Å². The number of halogens is 2. The molecule has 3 aromatic carbocycles. The lowest BCUT2D eigenvalue weighted by atomic mass is 9.80. The Labute approximate surface area is 224 Å². The molecule has 4 aromatic rings. The SMILES string of the molecule is CNC(=O)c1c(-c2ccc(F)cc2)oc2cc(CN(c3ccc(B(O)O)c(Cl)c3)[SH](=O)=O)c(C3CC3)cc12. The predicted octanol–water partition coefficient (Wildman–Crippen LogP) is 3.34. The van der Waals surface area contributed by atoms with Gasteiger partial charge in [0.05, 0.1) is 17.8 Å². The first kappa shape index (κ1) is 26.2. The van der Waals surface area contributed by atoms with Crippen LogP contribution in [-0.4, -0.2) is 38.5 Å². The van der Waals surface area contributed by atoms with Crippen LogP contribution >= 0.6 is 11.6 Å². The molecule has 12 heteroatoms. The molecule has 1 aliphatic carbocycles. The van der Waals surface area contributed by atoms with E-state index in [4.69, 9.17) is 16.0 Å². The molecule has 5 rings (SSSR count). The highest BCUT2D eigenvalue weighted by molar-refractivity contribution is 7.74. The number of benzene rings is 3. The Morgan fingerprint density at radius 2 is 1.87 bits per heavy atom. The van der Waals surface area contributed by atoms with Crippen molar-refractivity contribution in [2.75, 3.05) is 11.4 Å². The summed E-state index contributed by atoms with van der Waals surface area (Å²) < 4.78 is 45.4. The number of nitrogens with zero attached hydrogens (tertiary/aromatic N) is 1. The van der Waals surface area contributed by atoms with Crippen molar-refractivity contribution in [3.8, 4) is 11.3 Å². The van der Waals surface area contributed by atoms with E-state index in [1.807, 2.05) is 6.07 Å². The van der Waals surface area contributed by atoms with Gasteiger partial charge in [-0.15, -0.1) is 0 Å². The number of anilines is 1. The number of fused-ring (bicyclic) bond motifs is 1. The van der Waals surface area contributed by atoms with Gasteiger partial charge in [0, 0.05) is 28.5 Å². The van der Waals surface area contributed by atoms with Gasteiger partial charge in [-0.25, -0.2) is 12.8 Å². The first-order valence-electron chi connectivity index (χ1n) is 11.8. The Balaban J connectivity index is 1.63. The number of furan rings is 1. The molecule has 1 amide bonds. The van der Waals surface area contributed by atoms with Crippen LogP contribution in [0.5, 0.6) is 0 Å². The number of carbonyl (C=O) groups excluding carboxylic acids is 1. The van der Waals surface area contributed by atoms with Crippen molar-refractivity contribution in [1.82, 2.24) is 5.32 Å². The second kappa shape index (κ2) is 10.4. The zero-order valence-electron chi connectivity index (χ0n) is 20.1. The summed E-state index contributed by atoms with van der Waals surface area (Å²) in [6.45, 7) is -0.0281. The highest BCUT2D eigenvalue weighted by atomic mass is 35.5. The molecule has 1 fully saturated rings. The highest BCUT2D eigenvalue weighted by Gasteiger charge is 2.30. The molecule has 38 heavy (non-hydrogen) atoms. The van der Waals surface area contributed by atoms with Crippen LogP contribution in [0.3, 0.4) is 0 Å². The minimum absolute atomic E-state index is 0.0161. The summed E-state index contributed by atoms with van der Waals surface area (Å²) in [7, 11) is -3.37. The van der Waals surface area contributed by atoms with Gasteiger partial charge in [-0.1, -0.05) is 17.7 Å². The van der Waals surface area contributed by atoms with E-state index >= 15 is 0 Å². The van der Waals surface area contributed by atoms with Crippen molar-refractivity contribution in [1.29, 1.82) is 0 Å². The van der Waals surface area contributed by atoms with Crippen molar-refractivity contribution in [3.63, 3.8) is 0 Å². The fraction of sp³-hybridized carbons (Fsp3) is 0.192. The van der Waals surface area contributed by atoms with Gasteiger partial charge < -0.3 is 19.8 Å². The molecule has 0 saturated heterocycles. The molecule has 3 N–H and O–H groups in total. The van der Waals surface area contributed by atoms with E-state index in [9.17, 15) is 27.7 Å². The third-order valence-electron chi connectivity index (χ3n) is 6.61. The number of hydrogen-bond acceptors (Lipinski definition) is 6. The molecule has 0 atom stereocenters. The smallest absolute Gasteiger partial charge is 0.455 e. The van der Waals surface area contributed by atoms with E-state index in [0.29, 0.717) is 27.7 Å². The fourth-order valence-electron chi connectivity index (χ4n) is 4.56. The van der Waals surface area contributed by atoms with E-state index in [2.05, 4.69) is 5.32 Å². The summed E-state index contributed by atoms with van der Waals surface area (Å²) >= 11 is 6.16. The highest BCUT2D eigenvalue weighted by Crippen LogP contribution is 2.45. The van der Waals surface area contributed by atoms with Crippen molar-refractivity contribution >= 4 is 57.6 Å². The molecular formula is C26H23BClFN2O6S. The topological polar surface area (TPSA) is 120 Å². The summed E-state index contributed by atoms with van der Waals surface area (Å²) in [6.07, 6.45) is 1.85. The monoisotopic (exact) mass is 556 g/mol. The lowest BCUT2D eigenvalue weighted by molar-refractivity contribution is 0.0964. The maximum atomic E-state index is 13.5. The van der Waals surface area contributed by atoms with Gasteiger partial charge in [-0.05, 0) is 78.4 Å². The maximum absolute atomic E-state index is 13.5. The average Bonchev–Trinajstić information content (AvgIpc) is 3.66. The van der Waals surface area contributed by atoms with Gasteiger partial charge in [-0.2, -0.15) is 0 Å². The lowest BCUT2D eigenvalue weighted by Crippen LogP contribution is -2.31. The molecule has 0 spiro atoms. The van der Waals surface area contributed by atoms with Crippen LogP contribution in [0.25, 0.3) is 22.3 Å². The summed E-state index contributed by atoms with van der Waals surface area (Å²) in [5, 5.41) is 22.1. The predicted molar refractivity (Wildman–Crippen MR) is 145 cm³/mol. The van der Waals surface area contributed by atoms with E-state index in [1.165, 1.54) is 49.5 Å². The van der Waals surface area contributed by atoms with Crippen molar-refractivity contribution in [2.45, 2.75) is 25.3 Å². The van der Waals surface area contributed by atoms with Crippen LogP contribution < -0.4 is 15.1 Å². The largest absolute Gasteiger partial charge is 0.489 e. The number of thiol groups is 1. The molecule has 8 nitrogen and oxygen atoms in total. The van der Waals surface area contributed by atoms with Crippen molar-refractivity contribution < 1.29 is 32.1 Å². The average molecular weight is 557 g/mol. The van der Waals surface area contributed by atoms with E-state index in [-0.39, 0.29) is 40.3 Å². The number of nitrogens with one attached hydrogen (secondary N) is 1. The molecule has 196 valence electrons. The van der Waals surface area contributed by atoms with Gasteiger partial charge in [0.1, 0.15) is 17.2 Å². The summed E-state index contributed by atoms with van der Waals surface area (Å²) in [6, 6.07) is 13.4. The third kappa shape index (κ3) is 5.02. The Bertz CT molecular complexity index is 1610. The van der Waals surface area contributed by atoms with Gasteiger partial charge in [0.2, 0.25) is 10.9 Å². The summed E-state index contributed by atoms with van der Waals surface area (Å²) in [4.78, 5) is 12.9. The van der Waals surface area contributed by atoms with Crippen LogP contribution in [0.1, 0.15) is 40.2 Å². The molecule has 1 aliphatic rings. The first-order valence-corrected chi connectivity index (χ1v) is 13.3.